The molecule has 2 aromatic carbocycles. The van der Waals surface area contributed by atoms with Crippen LogP contribution in [0, 0.1) is 13.8 Å². The van der Waals surface area contributed by atoms with E-state index in [9.17, 15) is 13.2 Å². The van der Waals surface area contributed by atoms with Crippen LogP contribution in [0.25, 0.3) is 0 Å². The highest BCUT2D eigenvalue weighted by Gasteiger charge is 2.38. The zero-order valence-corrected chi connectivity index (χ0v) is 19.0. The summed E-state index contributed by atoms with van der Waals surface area (Å²) in [5, 5.41) is 3.06. The Balaban J connectivity index is 1.62. The number of aryl methyl sites for hydroxylation is 2. The van der Waals surface area contributed by atoms with Crippen LogP contribution in [0.3, 0.4) is 0 Å². The topological polar surface area (TPSA) is 79.0 Å². The Hall–Kier alpha value is -2.58. The Morgan fingerprint density at radius 2 is 1.68 bits per heavy atom. The van der Waals surface area contributed by atoms with Crippen molar-refractivity contribution in [1.82, 2.24) is 10.2 Å². The minimum Gasteiger partial charge on any atom is -0.476 e. The number of anilines is 1. The van der Waals surface area contributed by atoms with Gasteiger partial charge in [-0.1, -0.05) is 23.8 Å². The van der Waals surface area contributed by atoms with Crippen molar-refractivity contribution in [2.24, 2.45) is 0 Å². The van der Waals surface area contributed by atoms with Gasteiger partial charge in [-0.2, -0.15) is 0 Å². The Morgan fingerprint density at radius 1 is 1.03 bits per heavy atom. The predicted molar refractivity (Wildman–Crippen MR) is 120 cm³/mol. The molecule has 8 heteroatoms. The van der Waals surface area contributed by atoms with E-state index in [0.717, 1.165) is 37.1 Å². The van der Waals surface area contributed by atoms with E-state index in [1.165, 1.54) is 4.31 Å². The number of ether oxygens (including phenoxy) is 1. The van der Waals surface area contributed by atoms with Crippen LogP contribution in [0.2, 0.25) is 0 Å². The highest BCUT2D eigenvalue weighted by molar-refractivity contribution is 7.92. The van der Waals surface area contributed by atoms with Crippen LogP contribution in [0.1, 0.15) is 24.0 Å². The molecule has 166 valence electrons. The van der Waals surface area contributed by atoms with Crippen LogP contribution in [0.15, 0.2) is 47.4 Å². The molecule has 2 aliphatic heterocycles. The van der Waals surface area contributed by atoms with E-state index in [1.54, 1.807) is 36.4 Å². The third-order valence-electron chi connectivity index (χ3n) is 5.95. The summed E-state index contributed by atoms with van der Waals surface area (Å²) < 4.78 is 34.3. The summed E-state index contributed by atoms with van der Waals surface area (Å²) >= 11 is 0. The lowest BCUT2D eigenvalue weighted by molar-refractivity contribution is -0.128. The van der Waals surface area contributed by atoms with Gasteiger partial charge in [0.25, 0.3) is 15.9 Å². The highest BCUT2D eigenvalue weighted by Crippen LogP contribution is 2.37. The molecule has 1 saturated heterocycles. The molecular weight excluding hydrogens is 414 g/mol. The molecule has 2 heterocycles. The standard InChI is InChI=1S/C23H29N3O4S/c1-16-4-7-19(8-5-16)31(28,29)26-15-22(30-21-9-6-17(2)14-20(21)26)23(27)24-18-10-12-25(3)13-11-18/h4-9,14,18,22H,10-13,15H2,1-3H3,(H,24,27). The second-order valence-electron chi connectivity index (χ2n) is 8.51. The minimum atomic E-state index is -3.85. The highest BCUT2D eigenvalue weighted by atomic mass is 32.2. The van der Waals surface area contributed by atoms with Gasteiger partial charge in [-0.15, -0.1) is 0 Å². The van der Waals surface area contributed by atoms with Gasteiger partial charge in [0.15, 0.2) is 6.10 Å². The summed E-state index contributed by atoms with van der Waals surface area (Å²) in [7, 11) is -1.78. The van der Waals surface area contributed by atoms with Crippen LogP contribution in [0.5, 0.6) is 5.75 Å². The van der Waals surface area contributed by atoms with Gasteiger partial charge in [-0.25, -0.2) is 8.42 Å². The fourth-order valence-corrected chi connectivity index (χ4v) is 5.48. The number of sulfonamides is 1. The number of nitrogens with one attached hydrogen (secondary N) is 1. The van der Waals surface area contributed by atoms with Gasteiger partial charge in [-0.3, -0.25) is 9.10 Å². The number of nitrogens with zero attached hydrogens (tertiary/aromatic N) is 2. The van der Waals surface area contributed by atoms with E-state index in [4.69, 9.17) is 4.74 Å². The number of benzene rings is 2. The molecule has 0 aliphatic carbocycles. The monoisotopic (exact) mass is 443 g/mol. The van der Waals surface area contributed by atoms with Crippen LogP contribution >= 0.6 is 0 Å². The van der Waals surface area contributed by atoms with E-state index < -0.39 is 16.1 Å². The Morgan fingerprint density at radius 3 is 2.35 bits per heavy atom. The van der Waals surface area contributed by atoms with E-state index in [2.05, 4.69) is 17.3 Å². The van der Waals surface area contributed by atoms with Crippen molar-refractivity contribution in [3.63, 3.8) is 0 Å². The molecule has 0 saturated carbocycles. The molecule has 1 unspecified atom stereocenters. The smallest absolute Gasteiger partial charge is 0.264 e. The minimum absolute atomic E-state index is 0.0644. The molecule has 2 aliphatic rings. The summed E-state index contributed by atoms with van der Waals surface area (Å²) in [4.78, 5) is 15.4. The Bertz CT molecular complexity index is 1060. The number of carbonyl (C=O) groups is 1. The van der Waals surface area contributed by atoms with Gasteiger partial charge < -0.3 is 15.0 Å². The number of hydrogen-bond acceptors (Lipinski definition) is 5. The summed E-state index contributed by atoms with van der Waals surface area (Å²) in [6.45, 7) is 5.59. The molecule has 1 fully saturated rings. The zero-order chi connectivity index (χ0) is 22.2. The third kappa shape index (κ3) is 4.55. The second kappa shape index (κ2) is 8.51. The van der Waals surface area contributed by atoms with Crippen molar-refractivity contribution >= 4 is 21.6 Å². The maximum absolute atomic E-state index is 13.5. The summed E-state index contributed by atoms with van der Waals surface area (Å²) in [6.07, 6.45) is 0.835. The molecule has 31 heavy (non-hydrogen) atoms. The number of rotatable bonds is 4. The number of hydrogen-bond donors (Lipinski definition) is 1. The van der Waals surface area contributed by atoms with Crippen LogP contribution in [0.4, 0.5) is 5.69 Å². The van der Waals surface area contributed by atoms with E-state index in [1.807, 2.05) is 19.9 Å². The molecule has 1 N–H and O–H groups in total. The number of fused-ring (bicyclic) bond motifs is 1. The Labute approximate surface area is 184 Å². The fraction of sp³-hybridized carbons (Fsp3) is 0.435. The first-order valence-electron chi connectivity index (χ1n) is 10.6. The van der Waals surface area contributed by atoms with E-state index >= 15 is 0 Å². The van der Waals surface area contributed by atoms with Gasteiger partial charge in [0.2, 0.25) is 0 Å². The molecule has 1 amide bonds. The molecule has 0 bridgehead atoms. The molecule has 4 rings (SSSR count). The van der Waals surface area contributed by atoms with Gasteiger partial charge in [0.05, 0.1) is 17.1 Å². The molecule has 0 aromatic heterocycles. The SMILES string of the molecule is Cc1ccc(S(=O)(=O)N2CC(C(=O)NC3CCN(C)CC3)Oc3ccc(C)cc32)cc1. The first-order chi connectivity index (χ1) is 14.7. The molecular formula is C23H29N3O4S. The average Bonchev–Trinajstić information content (AvgIpc) is 2.74. The zero-order valence-electron chi connectivity index (χ0n) is 18.2. The lowest BCUT2D eigenvalue weighted by Crippen LogP contribution is -2.53. The van der Waals surface area contributed by atoms with Crippen molar-refractivity contribution in [2.45, 2.75) is 43.7 Å². The summed E-state index contributed by atoms with van der Waals surface area (Å²) in [6, 6.07) is 12.2. The average molecular weight is 444 g/mol. The van der Waals surface area contributed by atoms with Crippen molar-refractivity contribution in [1.29, 1.82) is 0 Å². The van der Waals surface area contributed by atoms with Gasteiger partial charge >= 0.3 is 0 Å². The number of amides is 1. The lowest BCUT2D eigenvalue weighted by Gasteiger charge is -2.36. The first-order valence-corrected chi connectivity index (χ1v) is 12.0. The van der Waals surface area contributed by atoms with Gasteiger partial charge in [0, 0.05) is 6.04 Å². The number of carbonyl (C=O) groups excluding carboxylic acids is 1. The molecule has 7 nitrogen and oxygen atoms in total. The van der Waals surface area contributed by atoms with Gasteiger partial charge in [0.1, 0.15) is 5.75 Å². The quantitative estimate of drug-likeness (QED) is 0.785. The van der Waals surface area contributed by atoms with Crippen LogP contribution in [-0.4, -0.2) is 58.1 Å². The second-order valence-corrected chi connectivity index (χ2v) is 10.4. The van der Waals surface area contributed by atoms with Crippen molar-refractivity contribution in [3.8, 4) is 5.75 Å². The largest absolute Gasteiger partial charge is 0.476 e. The lowest BCUT2D eigenvalue weighted by atomic mass is 10.1. The van der Waals surface area contributed by atoms with Crippen LogP contribution in [-0.2, 0) is 14.8 Å². The van der Waals surface area contributed by atoms with E-state index in [0.29, 0.717) is 11.4 Å². The molecule has 2 aromatic rings. The van der Waals surface area contributed by atoms with Gasteiger partial charge in [-0.05, 0) is 76.7 Å². The third-order valence-corrected chi connectivity index (χ3v) is 7.74. The van der Waals surface area contributed by atoms with Crippen molar-refractivity contribution in [2.75, 3.05) is 31.0 Å². The first kappa shape index (κ1) is 21.6. The summed E-state index contributed by atoms with van der Waals surface area (Å²) in [5.41, 5.74) is 2.36. The maximum Gasteiger partial charge on any atom is 0.264 e. The summed E-state index contributed by atoms with van der Waals surface area (Å²) in [5.74, 6) is 0.126. The van der Waals surface area contributed by atoms with Crippen molar-refractivity contribution in [3.05, 3.63) is 53.6 Å². The number of likely N-dealkylation sites (tertiary alicyclic amines) is 1. The number of piperidine rings is 1. The van der Waals surface area contributed by atoms with E-state index in [-0.39, 0.29) is 23.4 Å². The molecule has 1 atom stereocenters. The fourth-order valence-electron chi connectivity index (χ4n) is 4.01. The van der Waals surface area contributed by atoms with Crippen molar-refractivity contribution < 1.29 is 17.9 Å². The van der Waals surface area contributed by atoms with Crippen LogP contribution < -0.4 is 14.4 Å². The normalized spacial score (nSPS) is 20.1. The predicted octanol–water partition coefficient (Wildman–Crippen LogP) is 2.47. The Kier molecular flexibility index (Phi) is 5.94. The maximum atomic E-state index is 13.5. The molecule has 0 spiro atoms. The molecule has 0 radical (unpaired) electrons.